The van der Waals surface area contributed by atoms with E-state index in [0.29, 0.717) is 18.5 Å². The van der Waals surface area contributed by atoms with Gasteiger partial charge in [-0.25, -0.2) is 4.79 Å². The summed E-state index contributed by atoms with van der Waals surface area (Å²) in [6.07, 6.45) is 1.27. The van der Waals surface area contributed by atoms with Crippen LogP contribution in [0.2, 0.25) is 0 Å². The summed E-state index contributed by atoms with van der Waals surface area (Å²) in [5.74, 6) is -0.417. The van der Waals surface area contributed by atoms with Gasteiger partial charge in [-0.3, -0.25) is 14.9 Å². The first-order valence-electron chi connectivity index (χ1n) is 9.31. The molecule has 0 bridgehead atoms. The first kappa shape index (κ1) is 21.8. The van der Waals surface area contributed by atoms with Gasteiger partial charge in [0.1, 0.15) is 12.6 Å². The first-order valence-corrected chi connectivity index (χ1v) is 9.31. The minimum atomic E-state index is -0.792. The van der Waals surface area contributed by atoms with Crippen molar-refractivity contribution < 1.29 is 25.0 Å². The van der Waals surface area contributed by atoms with Crippen LogP contribution in [0.15, 0.2) is 54.6 Å². The summed E-state index contributed by atoms with van der Waals surface area (Å²) in [6.45, 7) is 0.831. The second-order valence-corrected chi connectivity index (χ2v) is 6.40. The second kappa shape index (κ2) is 11.4. The van der Waals surface area contributed by atoms with Crippen molar-refractivity contribution in [2.75, 3.05) is 11.9 Å². The van der Waals surface area contributed by atoms with Crippen molar-refractivity contribution in [3.05, 3.63) is 70.3 Å². The highest BCUT2D eigenvalue weighted by molar-refractivity contribution is 5.96. The molecule has 0 aliphatic rings. The summed E-state index contributed by atoms with van der Waals surface area (Å²) < 4.78 is 5.19. The van der Waals surface area contributed by atoms with Crippen molar-refractivity contribution in [3.8, 4) is 0 Å². The van der Waals surface area contributed by atoms with E-state index in [9.17, 15) is 19.7 Å². The van der Waals surface area contributed by atoms with Crippen LogP contribution in [0.1, 0.15) is 24.8 Å². The molecule has 2 aromatic carbocycles. The first-order chi connectivity index (χ1) is 14.0. The molecule has 0 spiro atoms. The Bertz CT molecular complexity index is 811. The molecule has 2 amide bonds. The highest BCUT2D eigenvalue weighted by Gasteiger charge is 2.21. The van der Waals surface area contributed by atoms with E-state index in [-0.39, 0.29) is 12.3 Å². The topological polar surface area (TPSA) is 138 Å². The molecular formula is C20H25N4O5+. The molecule has 0 aromatic heterocycles. The Hall–Kier alpha value is -3.46. The third-order valence-corrected chi connectivity index (χ3v) is 4.16. The van der Waals surface area contributed by atoms with Crippen LogP contribution in [0.5, 0.6) is 0 Å². The fraction of sp³-hybridized carbons (Fsp3) is 0.300. The van der Waals surface area contributed by atoms with Crippen LogP contribution in [-0.4, -0.2) is 29.5 Å². The van der Waals surface area contributed by atoms with Gasteiger partial charge in [0.05, 0.1) is 11.5 Å². The van der Waals surface area contributed by atoms with Gasteiger partial charge in [-0.15, -0.1) is 0 Å². The summed E-state index contributed by atoms with van der Waals surface area (Å²) >= 11 is 0. The molecule has 1 atom stereocenters. The van der Waals surface area contributed by atoms with Crippen molar-refractivity contribution in [3.63, 3.8) is 0 Å². The van der Waals surface area contributed by atoms with E-state index in [1.165, 1.54) is 24.3 Å². The molecule has 29 heavy (non-hydrogen) atoms. The van der Waals surface area contributed by atoms with Crippen molar-refractivity contribution in [2.24, 2.45) is 0 Å². The third kappa shape index (κ3) is 7.59. The quantitative estimate of drug-likeness (QED) is 0.318. The van der Waals surface area contributed by atoms with E-state index in [1.807, 2.05) is 30.3 Å². The second-order valence-electron chi connectivity index (χ2n) is 6.40. The number of benzene rings is 2. The van der Waals surface area contributed by atoms with E-state index in [4.69, 9.17) is 4.74 Å². The summed E-state index contributed by atoms with van der Waals surface area (Å²) in [5.41, 5.74) is 4.95. The number of nitrogens with zero attached hydrogens (tertiary/aromatic N) is 1. The monoisotopic (exact) mass is 401 g/mol. The van der Waals surface area contributed by atoms with E-state index in [0.717, 1.165) is 18.5 Å². The Kier molecular flexibility index (Phi) is 8.58. The van der Waals surface area contributed by atoms with Gasteiger partial charge in [-0.2, -0.15) is 0 Å². The SMILES string of the molecule is [NH3+]CCCCC(NC(=O)OCc1ccccc1)C(=O)Nc1ccc([N+](=O)[O-])cc1. The van der Waals surface area contributed by atoms with Crippen LogP contribution < -0.4 is 16.4 Å². The molecule has 9 heteroatoms. The lowest BCUT2D eigenvalue weighted by atomic mass is 10.1. The zero-order chi connectivity index (χ0) is 21.1. The van der Waals surface area contributed by atoms with E-state index in [1.54, 1.807) is 0 Å². The predicted octanol–water partition coefficient (Wildman–Crippen LogP) is 2.24. The van der Waals surface area contributed by atoms with Crippen molar-refractivity contribution in [2.45, 2.75) is 31.9 Å². The van der Waals surface area contributed by atoms with E-state index < -0.39 is 23.0 Å². The maximum Gasteiger partial charge on any atom is 0.408 e. The summed E-state index contributed by atoms with van der Waals surface area (Å²) in [5, 5.41) is 16.0. The largest absolute Gasteiger partial charge is 0.445 e. The molecular weight excluding hydrogens is 376 g/mol. The Morgan fingerprint density at radius 2 is 1.76 bits per heavy atom. The molecule has 2 rings (SSSR count). The molecule has 0 radical (unpaired) electrons. The molecule has 0 fully saturated rings. The average molecular weight is 401 g/mol. The number of carbonyl (C=O) groups excluding carboxylic acids is 2. The lowest BCUT2D eigenvalue weighted by Crippen LogP contribution is -2.50. The van der Waals surface area contributed by atoms with Gasteiger partial charge in [-0.1, -0.05) is 30.3 Å². The van der Waals surface area contributed by atoms with Crippen LogP contribution in [0.4, 0.5) is 16.2 Å². The lowest BCUT2D eigenvalue weighted by molar-refractivity contribution is -0.384. The third-order valence-electron chi connectivity index (χ3n) is 4.16. The van der Waals surface area contributed by atoms with Gasteiger partial charge >= 0.3 is 6.09 Å². The molecule has 0 aliphatic carbocycles. The van der Waals surface area contributed by atoms with Crippen molar-refractivity contribution in [1.82, 2.24) is 5.32 Å². The number of ether oxygens (including phenoxy) is 1. The van der Waals surface area contributed by atoms with Gasteiger partial charge in [0.15, 0.2) is 0 Å². The number of rotatable bonds is 10. The Morgan fingerprint density at radius 3 is 2.38 bits per heavy atom. The number of anilines is 1. The fourth-order valence-electron chi connectivity index (χ4n) is 2.60. The van der Waals surface area contributed by atoms with Crippen LogP contribution in [0.3, 0.4) is 0 Å². The lowest BCUT2D eigenvalue weighted by Gasteiger charge is -2.18. The van der Waals surface area contributed by atoms with Crippen LogP contribution in [0.25, 0.3) is 0 Å². The van der Waals surface area contributed by atoms with Crippen LogP contribution >= 0.6 is 0 Å². The molecule has 0 saturated heterocycles. The number of unbranched alkanes of at least 4 members (excludes halogenated alkanes) is 1. The van der Waals surface area contributed by atoms with Crippen molar-refractivity contribution in [1.29, 1.82) is 0 Å². The van der Waals surface area contributed by atoms with E-state index >= 15 is 0 Å². The maximum absolute atomic E-state index is 12.6. The summed E-state index contributed by atoms with van der Waals surface area (Å²) in [6, 6.07) is 13.9. The maximum atomic E-state index is 12.6. The Morgan fingerprint density at radius 1 is 1.07 bits per heavy atom. The number of alkyl carbamates (subject to hydrolysis) is 1. The van der Waals surface area contributed by atoms with Gasteiger partial charge < -0.3 is 21.1 Å². The molecule has 0 aliphatic heterocycles. The number of amides is 2. The van der Waals surface area contributed by atoms with Gasteiger partial charge in [0.25, 0.3) is 5.69 Å². The molecule has 1 unspecified atom stereocenters. The fourth-order valence-corrected chi connectivity index (χ4v) is 2.60. The smallest absolute Gasteiger partial charge is 0.408 e. The number of nitrogens with one attached hydrogen (secondary N) is 2. The van der Waals surface area contributed by atoms with Gasteiger partial charge in [0, 0.05) is 17.8 Å². The van der Waals surface area contributed by atoms with Crippen LogP contribution in [-0.2, 0) is 16.1 Å². The number of nitro groups is 1. The van der Waals surface area contributed by atoms with Crippen LogP contribution in [0, 0.1) is 10.1 Å². The number of non-ortho nitro benzene ring substituents is 1. The predicted molar refractivity (Wildman–Crippen MR) is 107 cm³/mol. The zero-order valence-electron chi connectivity index (χ0n) is 16.0. The Labute approximate surface area is 168 Å². The Balaban J connectivity index is 1.95. The normalized spacial score (nSPS) is 11.3. The van der Waals surface area contributed by atoms with E-state index in [2.05, 4.69) is 16.4 Å². The molecule has 2 aromatic rings. The summed E-state index contributed by atoms with van der Waals surface area (Å²) in [7, 11) is 0. The molecule has 154 valence electrons. The number of nitro benzene ring substituents is 1. The number of carbonyl (C=O) groups is 2. The van der Waals surface area contributed by atoms with Gasteiger partial charge in [0.2, 0.25) is 5.91 Å². The summed E-state index contributed by atoms with van der Waals surface area (Å²) in [4.78, 5) is 34.9. The van der Waals surface area contributed by atoms with Gasteiger partial charge in [-0.05, 0) is 37.0 Å². The minimum Gasteiger partial charge on any atom is -0.445 e. The highest BCUT2D eigenvalue weighted by Crippen LogP contribution is 2.16. The number of hydrogen-bond donors (Lipinski definition) is 3. The molecule has 9 nitrogen and oxygen atoms in total. The number of quaternary nitrogens is 1. The average Bonchev–Trinajstić information content (AvgIpc) is 2.72. The highest BCUT2D eigenvalue weighted by atomic mass is 16.6. The standard InChI is InChI=1S/C20H24N4O5/c21-13-5-4-8-18(23-20(26)29-14-15-6-2-1-3-7-15)19(25)22-16-9-11-17(12-10-16)24(27)28/h1-3,6-7,9-12,18H,4-5,8,13-14,21H2,(H,22,25)(H,23,26)/p+1. The van der Waals surface area contributed by atoms with Crippen molar-refractivity contribution >= 4 is 23.4 Å². The zero-order valence-corrected chi connectivity index (χ0v) is 16.0. The number of hydrogen-bond acceptors (Lipinski definition) is 5. The molecule has 0 heterocycles. The molecule has 0 saturated carbocycles. The molecule has 5 N–H and O–H groups in total. The minimum absolute atomic E-state index is 0.0717.